The summed E-state index contributed by atoms with van der Waals surface area (Å²) in [5, 5.41) is 14.2. The van der Waals surface area contributed by atoms with E-state index in [9.17, 15) is 14.7 Å². The van der Waals surface area contributed by atoms with Crippen LogP contribution in [0.3, 0.4) is 0 Å². The molecule has 2 amide bonds. The molecular weight excluding hydrogens is 594 g/mol. The number of benzene rings is 1. The standard InChI is InChI=1S/C28H40ClNO6S.BrH/c1-18(2)6-11-22-27(4,36-22)25-24(34-5)21(35-26(32)30-23(31)16-29)12-14-28(25,33)17-37-15-13-20-9-7-19(3)8-10-20;/h6-10,21-22,24-25,33H,11-17H2,1-5H3,(H,30,31,32);1H. The number of methoxy groups -OCH3 is 1. The van der Waals surface area contributed by atoms with Gasteiger partial charge in [0.05, 0.1) is 12.0 Å². The van der Waals surface area contributed by atoms with Crippen molar-refractivity contribution in [2.24, 2.45) is 5.92 Å². The monoisotopic (exact) mass is 633 g/mol. The molecule has 0 spiro atoms. The van der Waals surface area contributed by atoms with Gasteiger partial charge in [0.15, 0.2) is 0 Å². The van der Waals surface area contributed by atoms with E-state index in [0.717, 1.165) is 30.4 Å². The Balaban J connectivity index is 0.00000507. The molecule has 38 heavy (non-hydrogen) atoms. The molecule has 6 atom stereocenters. The van der Waals surface area contributed by atoms with Crippen LogP contribution in [-0.2, 0) is 37.2 Å². The van der Waals surface area contributed by atoms with Gasteiger partial charge in [-0.05, 0) is 64.3 Å². The molecule has 2 aliphatic rings. The summed E-state index contributed by atoms with van der Waals surface area (Å²) in [5.74, 6) is 0.118. The first-order valence-electron chi connectivity index (χ1n) is 12.8. The third kappa shape index (κ3) is 8.45. The van der Waals surface area contributed by atoms with Gasteiger partial charge in [-0.3, -0.25) is 10.1 Å². The van der Waals surface area contributed by atoms with Gasteiger partial charge in [-0.25, -0.2) is 4.79 Å². The largest absolute Gasteiger partial charge is 1.00 e. The van der Waals surface area contributed by atoms with Crippen molar-refractivity contribution in [3.63, 3.8) is 0 Å². The number of rotatable bonds is 11. The third-order valence-electron chi connectivity index (χ3n) is 7.43. The summed E-state index contributed by atoms with van der Waals surface area (Å²) >= 11 is 6.63. The zero-order valence-corrected chi connectivity index (χ0v) is 26.1. The minimum atomic E-state index is -1.05. The van der Waals surface area contributed by atoms with Crippen molar-refractivity contribution in [1.29, 1.82) is 0 Å². The predicted octanol–water partition coefficient (Wildman–Crippen LogP) is 0.887. The van der Waals surface area contributed by atoms with E-state index < -0.39 is 41.3 Å². The second-order valence-electron chi connectivity index (χ2n) is 10.6. The number of amides is 2. The number of hydrogen-bond acceptors (Lipinski definition) is 6. The lowest BCUT2D eigenvalue weighted by molar-refractivity contribution is -0.170. The molecule has 2 fully saturated rings. The molecule has 0 aromatic heterocycles. The maximum Gasteiger partial charge on any atom is 0.414 e. The van der Waals surface area contributed by atoms with Crippen molar-refractivity contribution in [1.82, 2.24) is 5.32 Å². The van der Waals surface area contributed by atoms with Crippen LogP contribution in [0.1, 0.15) is 51.2 Å². The minimum Gasteiger partial charge on any atom is -1.00 e. The Morgan fingerprint density at radius 2 is 1.97 bits per heavy atom. The molecule has 1 aromatic carbocycles. The van der Waals surface area contributed by atoms with E-state index in [0.29, 0.717) is 18.6 Å². The number of imide groups is 1. The van der Waals surface area contributed by atoms with E-state index in [1.807, 2.05) is 20.8 Å². The van der Waals surface area contributed by atoms with E-state index in [1.165, 1.54) is 16.7 Å². The van der Waals surface area contributed by atoms with Gasteiger partial charge in [0, 0.05) is 13.5 Å². The lowest BCUT2D eigenvalue weighted by Crippen LogP contribution is -3.00. The maximum atomic E-state index is 12.3. The SMILES string of the molecule is COC1C(OC(=O)NC(=O)CCl)CCC(O)(C[SH+]CCc2ccc(C)cc2)C1C1(C)OC1CC=C(C)C.[Br-]. The van der Waals surface area contributed by atoms with E-state index in [1.54, 1.807) is 7.11 Å². The Hall–Kier alpha value is -1.10. The summed E-state index contributed by atoms with van der Waals surface area (Å²) in [6, 6.07) is 8.54. The minimum absolute atomic E-state index is 0. The third-order valence-corrected chi connectivity index (χ3v) is 8.98. The number of hydrogen-bond donors (Lipinski definition) is 2. The first-order valence-corrected chi connectivity index (χ1v) is 14.6. The Morgan fingerprint density at radius 1 is 1.29 bits per heavy atom. The number of aliphatic hydroxyl groups is 1. The van der Waals surface area contributed by atoms with Gasteiger partial charge in [-0.2, -0.15) is 0 Å². The van der Waals surface area contributed by atoms with Crippen LogP contribution in [0.25, 0.3) is 0 Å². The van der Waals surface area contributed by atoms with Gasteiger partial charge in [0.2, 0.25) is 5.91 Å². The van der Waals surface area contributed by atoms with Crippen LogP contribution in [0.5, 0.6) is 0 Å². The number of thiol groups is 1. The molecule has 1 aromatic rings. The number of alkyl carbamates (subject to hydrolysis) is 1. The average molecular weight is 635 g/mol. The molecule has 214 valence electrons. The summed E-state index contributed by atoms with van der Waals surface area (Å²) in [4.78, 5) is 23.9. The van der Waals surface area contributed by atoms with Crippen LogP contribution in [0.2, 0.25) is 0 Å². The normalized spacial score (nSPS) is 30.1. The fourth-order valence-corrected chi connectivity index (χ4v) is 6.79. The van der Waals surface area contributed by atoms with Crippen LogP contribution in [-0.4, -0.2) is 71.1 Å². The highest BCUT2D eigenvalue weighted by Gasteiger charge is 2.68. The highest BCUT2D eigenvalue weighted by Crippen LogP contribution is 2.54. The van der Waals surface area contributed by atoms with Crippen molar-refractivity contribution in [3.8, 4) is 0 Å². The molecule has 1 saturated heterocycles. The van der Waals surface area contributed by atoms with Crippen molar-refractivity contribution in [2.45, 2.75) is 82.9 Å². The number of ether oxygens (including phenoxy) is 3. The lowest BCUT2D eigenvalue weighted by Gasteiger charge is -2.47. The summed E-state index contributed by atoms with van der Waals surface area (Å²) in [6.07, 6.45) is 2.51. The van der Waals surface area contributed by atoms with Gasteiger partial charge in [-0.15, -0.1) is 11.6 Å². The first-order chi connectivity index (χ1) is 17.5. The lowest BCUT2D eigenvalue weighted by atomic mass is 9.66. The topological polar surface area (TPSA) is 97.4 Å². The van der Waals surface area contributed by atoms with Gasteiger partial charge in [-0.1, -0.05) is 41.5 Å². The van der Waals surface area contributed by atoms with E-state index in [4.69, 9.17) is 25.8 Å². The highest BCUT2D eigenvalue weighted by atomic mass is 79.9. The molecule has 0 bridgehead atoms. The van der Waals surface area contributed by atoms with Crippen molar-refractivity contribution in [2.75, 3.05) is 24.5 Å². The molecule has 1 saturated carbocycles. The van der Waals surface area contributed by atoms with Crippen LogP contribution in [0, 0.1) is 12.8 Å². The molecule has 1 aliphatic heterocycles. The van der Waals surface area contributed by atoms with Crippen LogP contribution >= 0.6 is 11.6 Å². The number of allylic oxidation sites excluding steroid dienone is 1. The number of halogens is 2. The number of epoxide rings is 1. The van der Waals surface area contributed by atoms with Crippen LogP contribution in [0.4, 0.5) is 4.79 Å². The number of alkyl halides is 1. The molecule has 7 nitrogen and oxygen atoms in total. The second-order valence-corrected chi connectivity index (χ2v) is 12.1. The summed E-state index contributed by atoms with van der Waals surface area (Å²) < 4.78 is 17.7. The van der Waals surface area contributed by atoms with Crippen LogP contribution < -0.4 is 22.3 Å². The van der Waals surface area contributed by atoms with Crippen LogP contribution in [0.15, 0.2) is 35.9 Å². The van der Waals surface area contributed by atoms with Crippen molar-refractivity contribution in [3.05, 3.63) is 47.0 Å². The number of carbonyl (C=O) groups is 2. The zero-order valence-electron chi connectivity index (χ0n) is 22.8. The number of carbonyl (C=O) groups excluding carboxylic acids is 2. The molecule has 3 rings (SSSR count). The molecule has 0 radical (unpaired) electrons. The van der Waals surface area contributed by atoms with Gasteiger partial charge in [0.25, 0.3) is 0 Å². The average Bonchev–Trinajstić information content (AvgIpc) is 3.52. The Kier molecular flexibility index (Phi) is 12.6. The molecular formula is C28H41BrClNO6S. The predicted molar refractivity (Wildman–Crippen MR) is 148 cm³/mol. The van der Waals surface area contributed by atoms with Crippen molar-refractivity contribution >= 4 is 35.4 Å². The zero-order chi connectivity index (χ0) is 27.2. The second kappa shape index (κ2) is 14.5. The fraction of sp³-hybridized carbons (Fsp3) is 0.643. The molecule has 2 N–H and O–H groups in total. The smallest absolute Gasteiger partial charge is 0.414 e. The van der Waals surface area contributed by atoms with Gasteiger partial charge < -0.3 is 36.3 Å². The van der Waals surface area contributed by atoms with E-state index in [2.05, 4.69) is 42.6 Å². The molecule has 6 unspecified atom stereocenters. The quantitative estimate of drug-likeness (QED) is 0.0938. The summed E-state index contributed by atoms with van der Waals surface area (Å²) in [6.45, 7) is 8.19. The Morgan fingerprint density at radius 3 is 2.58 bits per heavy atom. The number of aryl methyl sites for hydroxylation is 2. The highest BCUT2D eigenvalue weighted by molar-refractivity contribution is 7.78. The number of nitrogens with one attached hydrogen (secondary N) is 1. The fourth-order valence-electron chi connectivity index (χ4n) is 5.40. The summed E-state index contributed by atoms with van der Waals surface area (Å²) in [7, 11) is 1.56. The maximum absolute atomic E-state index is 12.3. The van der Waals surface area contributed by atoms with E-state index in [-0.39, 0.29) is 29.0 Å². The summed E-state index contributed by atoms with van der Waals surface area (Å²) in [5.41, 5.74) is 2.05. The molecule has 1 aliphatic carbocycles. The molecule has 1 heterocycles. The first kappa shape index (κ1) is 33.1. The van der Waals surface area contributed by atoms with Gasteiger partial charge >= 0.3 is 6.09 Å². The van der Waals surface area contributed by atoms with Crippen molar-refractivity contribution < 1.29 is 45.9 Å². The van der Waals surface area contributed by atoms with Gasteiger partial charge in [0.1, 0.15) is 40.8 Å². The Labute approximate surface area is 246 Å². The van der Waals surface area contributed by atoms with E-state index >= 15 is 0 Å². The Bertz CT molecular complexity index is 975. The molecule has 10 heteroatoms.